The van der Waals surface area contributed by atoms with Crippen LogP contribution in [0, 0.1) is 0 Å². The predicted molar refractivity (Wildman–Crippen MR) is 87.4 cm³/mol. The predicted octanol–water partition coefficient (Wildman–Crippen LogP) is 1.64. The van der Waals surface area contributed by atoms with Gasteiger partial charge in [-0.1, -0.05) is 6.92 Å². The van der Waals surface area contributed by atoms with Crippen molar-refractivity contribution in [3.63, 3.8) is 0 Å². The third-order valence-electron chi connectivity index (χ3n) is 3.69. The molecule has 0 radical (unpaired) electrons. The fraction of sp³-hybridized carbons (Fsp3) is 0.643. The molecule has 1 aromatic rings. The summed E-state index contributed by atoms with van der Waals surface area (Å²) in [7, 11) is -2.53. The Kier molecular flexibility index (Phi) is 7.53. The van der Waals surface area contributed by atoms with Crippen molar-refractivity contribution in [2.45, 2.75) is 37.3 Å². The molecule has 1 fully saturated rings. The summed E-state index contributed by atoms with van der Waals surface area (Å²) in [6.07, 6.45) is 2.25. The number of nitrogens with zero attached hydrogens (tertiary/aromatic N) is 1. The van der Waals surface area contributed by atoms with Crippen LogP contribution in [0.5, 0.6) is 0 Å². The highest BCUT2D eigenvalue weighted by molar-refractivity contribution is 7.89. The summed E-state index contributed by atoms with van der Waals surface area (Å²) in [5.41, 5.74) is 0. The molecule has 0 spiro atoms. The van der Waals surface area contributed by atoms with Crippen LogP contribution in [0.3, 0.4) is 0 Å². The van der Waals surface area contributed by atoms with Gasteiger partial charge in [0, 0.05) is 12.6 Å². The van der Waals surface area contributed by atoms with Crippen LogP contribution >= 0.6 is 12.4 Å². The van der Waals surface area contributed by atoms with Gasteiger partial charge in [-0.3, -0.25) is 0 Å². The smallest absolute Gasteiger partial charge is 0.374 e. The number of nitrogens with one attached hydrogen (secondary N) is 1. The van der Waals surface area contributed by atoms with E-state index < -0.39 is 16.0 Å². The van der Waals surface area contributed by atoms with Gasteiger partial charge in [-0.05, 0) is 44.5 Å². The van der Waals surface area contributed by atoms with E-state index in [-0.39, 0.29) is 29.3 Å². The molecule has 1 aliphatic heterocycles. The number of carbonyl (C=O) groups excluding carboxylic acids is 1. The van der Waals surface area contributed by atoms with Crippen LogP contribution in [-0.2, 0) is 14.8 Å². The summed E-state index contributed by atoms with van der Waals surface area (Å²) < 4.78 is 36.8. The minimum atomic E-state index is -3.75. The van der Waals surface area contributed by atoms with Crippen molar-refractivity contribution in [3.05, 3.63) is 17.9 Å². The Morgan fingerprint density at radius 1 is 1.39 bits per heavy atom. The van der Waals surface area contributed by atoms with E-state index in [4.69, 9.17) is 4.42 Å². The molecule has 9 heteroatoms. The molecular weight excluding hydrogens is 344 g/mol. The van der Waals surface area contributed by atoms with Gasteiger partial charge in [-0.2, -0.15) is 4.31 Å². The highest BCUT2D eigenvalue weighted by Gasteiger charge is 2.34. The number of furan rings is 1. The van der Waals surface area contributed by atoms with Crippen molar-refractivity contribution >= 4 is 28.4 Å². The van der Waals surface area contributed by atoms with Gasteiger partial charge < -0.3 is 14.5 Å². The van der Waals surface area contributed by atoms with E-state index in [0.29, 0.717) is 13.0 Å². The Labute approximate surface area is 142 Å². The number of halogens is 1. The molecule has 0 aliphatic carbocycles. The minimum Gasteiger partial charge on any atom is -0.463 e. The second-order valence-corrected chi connectivity index (χ2v) is 7.03. The van der Waals surface area contributed by atoms with Crippen LogP contribution in [0.2, 0.25) is 0 Å². The van der Waals surface area contributed by atoms with Crippen molar-refractivity contribution in [1.29, 1.82) is 0 Å². The lowest BCUT2D eigenvalue weighted by molar-refractivity contribution is 0.0558. The maximum Gasteiger partial charge on any atom is 0.374 e. The van der Waals surface area contributed by atoms with Gasteiger partial charge in [0.2, 0.25) is 10.9 Å². The first-order chi connectivity index (χ1) is 10.5. The summed E-state index contributed by atoms with van der Waals surface area (Å²) in [6.45, 7) is 3.96. The maximum atomic E-state index is 12.8. The highest BCUT2D eigenvalue weighted by Crippen LogP contribution is 2.24. The van der Waals surface area contributed by atoms with Crippen molar-refractivity contribution in [2.75, 3.05) is 26.7 Å². The van der Waals surface area contributed by atoms with Gasteiger partial charge in [-0.15, -0.1) is 12.4 Å². The Hall–Kier alpha value is -1.09. The van der Waals surface area contributed by atoms with Crippen LogP contribution in [0.25, 0.3) is 0 Å². The fourth-order valence-electron chi connectivity index (χ4n) is 2.60. The molecule has 1 saturated heterocycles. The van der Waals surface area contributed by atoms with Crippen LogP contribution < -0.4 is 5.32 Å². The minimum absolute atomic E-state index is 0. The SMILES string of the molecule is CCCN(C1CCNCC1)S(=O)(=O)c1ccc(C(=O)OC)o1.Cl. The van der Waals surface area contributed by atoms with Crippen molar-refractivity contribution in [2.24, 2.45) is 0 Å². The summed E-state index contributed by atoms with van der Waals surface area (Å²) in [5, 5.41) is 3.02. The summed E-state index contributed by atoms with van der Waals surface area (Å²) in [5.74, 6) is -0.798. The molecule has 1 aliphatic rings. The van der Waals surface area contributed by atoms with Gasteiger partial charge in [0.05, 0.1) is 7.11 Å². The van der Waals surface area contributed by atoms with E-state index in [1.165, 1.54) is 23.5 Å². The number of sulfonamides is 1. The number of methoxy groups -OCH3 is 1. The number of carbonyl (C=O) groups is 1. The molecule has 23 heavy (non-hydrogen) atoms. The van der Waals surface area contributed by atoms with E-state index in [0.717, 1.165) is 25.9 Å². The molecule has 0 saturated carbocycles. The Bertz CT molecular complexity index is 610. The molecule has 1 aromatic heterocycles. The van der Waals surface area contributed by atoms with Gasteiger partial charge in [0.1, 0.15) is 0 Å². The average molecular weight is 367 g/mol. The Morgan fingerprint density at radius 3 is 2.61 bits per heavy atom. The Morgan fingerprint density at radius 2 is 2.04 bits per heavy atom. The number of esters is 1. The second-order valence-electron chi connectivity index (χ2n) is 5.21. The standard InChI is InChI=1S/C14H22N2O5S.ClH/c1-3-10-16(11-6-8-15-9-7-11)22(18,19)13-5-4-12(21-13)14(17)20-2;/h4-5,11,15H,3,6-10H2,1-2H3;1H. The third-order valence-corrected chi connectivity index (χ3v) is 5.52. The molecule has 0 unspecified atom stereocenters. The molecule has 0 aromatic carbocycles. The van der Waals surface area contributed by atoms with E-state index in [1.807, 2.05) is 6.92 Å². The van der Waals surface area contributed by atoms with Crippen molar-refractivity contribution in [1.82, 2.24) is 9.62 Å². The number of piperidine rings is 1. The summed E-state index contributed by atoms with van der Waals surface area (Å²) >= 11 is 0. The van der Waals surface area contributed by atoms with E-state index in [2.05, 4.69) is 10.1 Å². The largest absolute Gasteiger partial charge is 0.463 e. The first kappa shape index (κ1) is 20.0. The third kappa shape index (κ3) is 4.47. The van der Waals surface area contributed by atoms with Crippen LogP contribution in [0.4, 0.5) is 0 Å². The van der Waals surface area contributed by atoms with Gasteiger partial charge in [0.25, 0.3) is 10.0 Å². The number of rotatable bonds is 6. The topological polar surface area (TPSA) is 88.9 Å². The first-order valence-corrected chi connectivity index (χ1v) is 8.85. The molecular formula is C14H23ClN2O5S. The number of hydrogen-bond donors (Lipinski definition) is 1. The van der Waals surface area contributed by atoms with Crippen LogP contribution in [-0.4, -0.2) is 51.5 Å². The zero-order valence-electron chi connectivity index (χ0n) is 13.3. The number of ether oxygens (including phenoxy) is 1. The molecule has 0 amide bonds. The lowest BCUT2D eigenvalue weighted by Gasteiger charge is -2.32. The quantitative estimate of drug-likeness (QED) is 0.770. The lowest BCUT2D eigenvalue weighted by atomic mass is 10.1. The average Bonchev–Trinajstić information content (AvgIpc) is 3.03. The van der Waals surface area contributed by atoms with Crippen molar-refractivity contribution < 1.29 is 22.4 Å². The molecule has 0 atom stereocenters. The van der Waals surface area contributed by atoms with Crippen molar-refractivity contribution in [3.8, 4) is 0 Å². The highest BCUT2D eigenvalue weighted by atomic mass is 35.5. The van der Waals surface area contributed by atoms with E-state index in [9.17, 15) is 13.2 Å². The second kappa shape index (κ2) is 8.68. The van der Waals surface area contributed by atoms with E-state index >= 15 is 0 Å². The summed E-state index contributed by atoms with van der Waals surface area (Å²) in [6, 6.07) is 2.59. The zero-order valence-corrected chi connectivity index (χ0v) is 14.9. The fourth-order valence-corrected chi connectivity index (χ4v) is 4.29. The zero-order chi connectivity index (χ0) is 16.2. The molecule has 2 heterocycles. The van der Waals surface area contributed by atoms with Gasteiger partial charge in [0.15, 0.2) is 0 Å². The van der Waals surface area contributed by atoms with E-state index in [1.54, 1.807) is 0 Å². The maximum absolute atomic E-state index is 12.8. The van der Waals surface area contributed by atoms with Gasteiger partial charge in [-0.25, -0.2) is 13.2 Å². The molecule has 132 valence electrons. The lowest BCUT2D eigenvalue weighted by Crippen LogP contribution is -2.46. The molecule has 2 rings (SSSR count). The molecule has 7 nitrogen and oxygen atoms in total. The Balaban J connectivity index is 0.00000264. The summed E-state index contributed by atoms with van der Waals surface area (Å²) in [4.78, 5) is 11.4. The van der Waals surface area contributed by atoms with Gasteiger partial charge >= 0.3 is 5.97 Å². The molecule has 1 N–H and O–H groups in total. The normalized spacial score (nSPS) is 16.1. The number of hydrogen-bond acceptors (Lipinski definition) is 6. The molecule has 0 bridgehead atoms. The monoisotopic (exact) mass is 366 g/mol. The van der Waals surface area contributed by atoms with Crippen LogP contribution in [0.1, 0.15) is 36.7 Å². The first-order valence-electron chi connectivity index (χ1n) is 7.41. The van der Waals surface area contributed by atoms with Crippen LogP contribution in [0.15, 0.2) is 21.6 Å².